The highest BCUT2D eigenvalue weighted by Gasteiger charge is 2.16. The molecule has 0 radical (unpaired) electrons. The first-order valence-electron chi connectivity index (χ1n) is 4.40. The average molecular weight is 175 g/mol. The molecule has 1 atom stereocenters. The molecule has 68 valence electrons. The smallest absolute Gasteiger partial charge is 0.0721 e. The van der Waals surface area contributed by atoms with Crippen LogP contribution in [0.1, 0.15) is 22.7 Å². The highest BCUT2D eigenvalue weighted by atomic mass is 16.5. The van der Waals surface area contributed by atoms with E-state index in [9.17, 15) is 0 Å². The van der Waals surface area contributed by atoms with Gasteiger partial charge in [0.2, 0.25) is 0 Å². The maximum Gasteiger partial charge on any atom is 0.0721 e. The Morgan fingerprint density at radius 2 is 2.38 bits per heavy atom. The fraction of sp³-hybridized carbons (Fsp3) is 0.273. The first-order chi connectivity index (χ1) is 6.31. The summed E-state index contributed by atoms with van der Waals surface area (Å²) in [5, 5.41) is 0. The van der Waals surface area contributed by atoms with Crippen molar-refractivity contribution in [1.82, 2.24) is 0 Å². The van der Waals surface area contributed by atoms with Gasteiger partial charge in [-0.15, -0.1) is 0 Å². The molecular weight excluding hydrogens is 162 g/mol. The maximum absolute atomic E-state index is 5.89. The van der Waals surface area contributed by atoms with Crippen molar-refractivity contribution in [2.75, 3.05) is 6.61 Å². The molecule has 0 saturated heterocycles. The summed E-state index contributed by atoms with van der Waals surface area (Å²) < 4.78 is 5.35. The highest BCUT2D eigenvalue weighted by molar-refractivity contribution is 5.50. The van der Waals surface area contributed by atoms with Gasteiger partial charge in [0.15, 0.2) is 0 Å². The number of rotatable bonds is 1. The minimum atomic E-state index is 0.0302. The van der Waals surface area contributed by atoms with Crippen molar-refractivity contribution in [2.24, 2.45) is 5.73 Å². The first-order valence-corrected chi connectivity index (χ1v) is 4.40. The van der Waals surface area contributed by atoms with Crippen molar-refractivity contribution >= 4 is 6.08 Å². The number of ether oxygens (including phenoxy) is 1. The van der Waals surface area contributed by atoms with Crippen LogP contribution in [0.5, 0.6) is 0 Å². The van der Waals surface area contributed by atoms with Crippen LogP contribution in [-0.2, 0) is 11.3 Å². The second kappa shape index (κ2) is 3.32. The molecule has 0 amide bonds. The van der Waals surface area contributed by atoms with Crippen molar-refractivity contribution < 1.29 is 4.74 Å². The summed E-state index contributed by atoms with van der Waals surface area (Å²) in [6.07, 6.45) is 1.83. The summed E-state index contributed by atoms with van der Waals surface area (Å²) in [6.45, 7) is 5.02. The molecular formula is C11H13NO. The van der Waals surface area contributed by atoms with Gasteiger partial charge in [0, 0.05) is 0 Å². The lowest BCUT2D eigenvalue weighted by molar-refractivity contribution is 0.0924. The molecule has 2 nitrogen and oxygen atoms in total. The molecule has 0 bridgehead atoms. The van der Waals surface area contributed by atoms with Crippen LogP contribution < -0.4 is 5.73 Å². The topological polar surface area (TPSA) is 35.2 Å². The molecule has 0 saturated carbocycles. The molecule has 0 aliphatic carbocycles. The van der Waals surface area contributed by atoms with Crippen LogP contribution in [0.2, 0.25) is 0 Å². The molecule has 13 heavy (non-hydrogen) atoms. The molecule has 2 N–H and O–H groups in total. The molecule has 0 aromatic heterocycles. The van der Waals surface area contributed by atoms with E-state index in [1.54, 1.807) is 0 Å². The van der Waals surface area contributed by atoms with Crippen LogP contribution in [0.4, 0.5) is 0 Å². The third kappa shape index (κ3) is 1.50. The summed E-state index contributed by atoms with van der Waals surface area (Å²) in [5.74, 6) is 0. The molecule has 0 spiro atoms. The zero-order valence-electron chi connectivity index (χ0n) is 7.49. The monoisotopic (exact) mass is 175 g/mol. The lowest BCUT2D eigenvalue weighted by Gasteiger charge is -2.22. The largest absolute Gasteiger partial charge is 0.375 e. The van der Waals surface area contributed by atoms with Crippen molar-refractivity contribution in [3.05, 3.63) is 41.5 Å². The number of hydrogen-bond donors (Lipinski definition) is 1. The van der Waals surface area contributed by atoms with Gasteiger partial charge >= 0.3 is 0 Å². The second-order valence-corrected chi connectivity index (χ2v) is 3.28. The van der Waals surface area contributed by atoms with E-state index in [4.69, 9.17) is 10.5 Å². The van der Waals surface area contributed by atoms with Gasteiger partial charge in [0.05, 0.1) is 19.3 Å². The van der Waals surface area contributed by atoms with E-state index in [2.05, 4.69) is 18.7 Å². The minimum absolute atomic E-state index is 0.0302. The predicted molar refractivity (Wildman–Crippen MR) is 53.1 cm³/mol. The normalized spacial score (nSPS) is 20.8. The molecule has 1 unspecified atom stereocenters. The Hall–Kier alpha value is -1.12. The van der Waals surface area contributed by atoms with Crippen LogP contribution in [-0.4, -0.2) is 6.61 Å². The number of benzene rings is 1. The molecule has 2 heteroatoms. The van der Waals surface area contributed by atoms with Gasteiger partial charge in [-0.05, 0) is 22.8 Å². The van der Waals surface area contributed by atoms with Crippen molar-refractivity contribution in [3.63, 3.8) is 0 Å². The Morgan fingerprint density at radius 3 is 3.15 bits per heavy atom. The molecule has 1 heterocycles. The van der Waals surface area contributed by atoms with Gasteiger partial charge in [-0.1, -0.05) is 24.8 Å². The van der Waals surface area contributed by atoms with Crippen molar-refractivity contribution in [1.29, 1.82) is 0 Å². The summed E-state index contributed by atoms with van der Waals surface area (Å²) >= 11 is 0. The van der Waals surface area contributed by atoms with E-state index in [0.717, 1.165) is 5.56 Å². The zero-order valence-corrected chi connectivity index (χ0v) is 7.49. The quantitative estimate of drug-likeness (QED) is 0.707. The molecule has 2 rings (SSSR count). The number of fused-ring (bicyclic) bond motifs is 1. The van der Waals surface area contributed by atoms with Crippen LogP contribution in [0, 0.1) is 0 Å². The van der Waals surface area contributed by atoms with Crippen LogP contribution >= 0.6 is 0 Å². The van der Waals surface area contributed by atoms with Gasteiger partial charge in [0.25, 0.3) is 0 Å². The lowest BCUT2D eigenvalue weighted by Crippen LogP contribution is -2.23. The Bertz CT molecular complexity index is 333. The van der Waals surface area contributed by atoms with Gasteiger partial charge in [-0.2, -0.15) is 0 Å². The second-order valence-electron chi connectivity index (χ2n) is 3.28. The maximum atomic E-state index is 5.89. The van der Waals surface area contributed by atoms with E-state index in [0.29, 0.717) is 13.2 Å². The van der Waals surface area contributed by atoms with E-state index >= 15 is 0 Å². The molecule has 0 fully saturated rings. The lowest BCUT2D eigenvalue weighted by atomic mass is 9.97. The average Bonchev–Trinajstić information content (AvgIpc) is 2.18. The van der Waals surface area contributed by atoms with Gasteiger partial charge in [0.1, 0.15) is 0 Å². The third-order valence-corrected chi connectivity index (χ3v) is 2.36. The molecule has 1 aliphatic rings. The van der Waals surface area contributed by atoms with Crippen LogP contribution in [0.15, 0.2) is 24.8 Å². The zero-order chi connectivity index (χ0) is 9.26. The summed E-state index contributed by atoms with van der Waals surface area (Å²) in [5.41, 5.74) is 9.41. The summed E-state index contributed by atoms with van der Waals surface area (Å²) in [4.78, 5) is 0. The third-order valence-electron chi connectivity index (χ3n) is 2.36. The Labute approximate surface area is 78.0 Å². The van der Waals surface area contributed by atoms with Gasteiger partial charge in [-0.3, -0.25) is 0 Å². The van der Waals surface area contributed by atoms with Crippen molar-refractivity contribution in [2.45, 2.75) is 12.6 Å². The van der Waals surface area contributed by atoms with Gasteiger partial charge in [-0.25, -0.2) is 0 Å². The number of nitrogens with two attached hydrogens (primary N) is 1. The highest BCUT2D eigenvalue weighted by Crippen LogP contribution is 2.24. The van der Waals surface area contributed by atoms with Gasteiger partial charge < -0.3 is 10.5 Å². The first kappa shape index (κ1) is 8.48. The van der Waals surface area contributed by atoms with E-state index < -0.39 is 0 Å². The summed E-state index contributed by atoms with van der Waals surface area (Å²) in [6, 6.07) is 6.22. The fourth-order valence-corrected chi connectivity index (χ4v) is 1.62. The number of hydrogen-bond acceptors (Lipinski definition) is 2. The minimum Gasteiger partial charge on any atom is -0.375 e. The van der Waals surface area contributed by atoms with Crippen LogP contribution in [0.25, 0.3) is 6.08 Å². The Kier molecular flexibility index (Phi) is 2.17. The SMILES string of the molecule is C=Cc1ccc2c(c1)COCC2N. The van der Waals surface area contributed by atoms with E-state index in [-0.39, 0.29) is 6.04 Å². The Morgan fingerprint density at radius 1 is 1.54 bits per heavy atom. The Balaban J connectivity index is 2.45. The van der Waals surface area contributed by atoms with E-state index in [1.807, 2.05) is 12.1 Å². The fourth-order valence-electron chi connectivity index (χ4n) is 1.62. The molecule has 1 aliphatic heterocycles. The van der Waals surface area contributed by atoms with Crippen LogP contribution in [0.3, 0.4) is 0 Å². The molecule has 1 aromatic rings. The standard InChI is InChI=1S/C11H13NO/c1-2-8-3-4-10-9(5-8)6-13-7-11(10)12/h2-5,11H,1,6-7,12H2. The van der Waals surface area contributed by atoms with E-state index in [1.165, 1.54) is 11.1 Å². The van der Waals surface area contributed by atoms with Crippen molar-refractivity contribution in [3.8, 4) is 0 Å². The molecule has 1 aromatic carbocycles. The predicted octanol–water partition coefficient (Wildman–Crippen LogP) is 1.86. The summed E-state index contributed by atoms with van der Waals surface area (Å²) in [7, 11) is 0.